The number of rotatable bonds is 8. The van der Waals surface area contributed by atoms with Crippen LogP contribution in [0.25, 0.3) is 0 Å². The van der Waals surface area contributed by atoms with E-state index in [4.69, 9.17) is 4.99 Å². The standard InChI is InChI=1S/C21H34N4/c1-5-7-8-9-13-16-25-18(3)17-20(23-21(25)22-4)24(6-2)19-14-11-10-12-15-19/h10-12,14-15,18H,5-9,13,16-17H2,1-4H3. The molecule has 1 heterocycles. The molecular formula is C21H34N4. The molecule has 2 rings (SSSR count). The van der Waals surface area contributed by atoms with E-state index in [0.717, 1.165) is 31.3 Å². The average molecular weight is 343 g/mol. The van der Waals surface area contributed by atoms with Crippen LogP contribution in [0.5, 0.6) is 0 Å². The van der Waals surface area contributed by atoms with Crippen molar-refractivity contribution in [3.8, 4) is 0 Å². The lowest BCUT2D eigenvalue weighted by Crippen LogP contribution is -2.47. The van der Waals surface area contributed by atoms with Crippen molar-refractivity contribution in [2.75, 3.05) is 25.0 Å². The highest BCUT2D eigenvalue weighted by Gasteiger charge is 2.27. The zero-order chi connectivity index (χ0) is 18.1. The molecule has 1 aliphatic rings. The van der Waals surface area contributed by atoms with E-state index in [2.05, 4.69) is 65.9 Å². The van der Waals surface area contributed by atoms with Crippen molar-refractivity contribution in [1.29, 1.82) is 0 Å². The number of amidine groups is 1. The molecule has 1 aromatic carbocycles. The average Bonchev–Trinajstić information content (AvgIpc) is 2.64. The first kappa shape index (κ1) is 19.5. The van der Waals surface area contributed by atoms with Gasteiger partial charge < -0.3 is 9.80 Å². The van der Waals surface area contributed by atoms with Crippen LogP contribution in [-0.2, 0) is 0 Å². The van der Waals surface area contributed by atoms with Crippen molar-refractivity contribution >= 4 is 17.5 Å². The Bertz CT molecular complexity index is 565. The zero-order valence-electron chi connectivity index (χ0n) is 16.4. The minimum atomic E-state index is 0.440. The molecule has 0 aliphatic carbocycles. The van der Waals surface area contributed by atoms with Gasteiger partial charge in [-0.25, -0.2) is 0 Å². The zero-order valence-corrected chi connectivity index (χ0v) is 16.4. The summed E-state index contributed by atoms with van der Waals surface area (Å²) in [6.45, 7) is 8.72. The molecule has 0 amide bonds. The van der Waals surface area contributed by atoms with Crippen molar-refractivity contribution < 1.29 is 0 Å². The summed E-state index contributed by atoms with van der Waals surface area (Å²) in [6, 6.07) is 11.0. The van der Waals surface area contributed by atoms with Gasteiger partial charge in [-0.15, -0.1) is 0 Å². The van der Waals surface area contributed by atoms with Gasteiger partial charge in [0.25, 0.3) is 0 Å². The first-order valence-electron chi connectivity index (χ1n) is 9.84. The number of hydrogen-bond acceptors (Lipinski definition) is 2. The van der Waals surface area contributed by atoms with E-state index in [1.165, 1.54) is 37.8 Å². The number of anilines is 1. The predicted molar refractivity (Wildman–Crippen MR) is 110 cm³/mol. The first-order chi connectivity index (χ1) is 12.2. The maximum Gasteiger partial charge on any atom is 0.222 e. The smallest absolute Gasteiger partial charge is 0.222 e. The van der Waals surface area contributed by atoms with Crippen LogP contribution in [0.3, 0.4) is 0 Å². The molecule has 1 aliphatic heterocycles. The van der Waals surface area contributed by atoms with Crippen LogP contribution in [0.1, 0.15) is 59.3 Å². The van der Waals surface area contributed by atoms with Gasteiger partial charge in [-0.2, -0.15) is 4.99 Å². The fourth-order valence-corrected chi connectivity index (χ4v) is 3.47. The Labute approximate surface area is 153 Å². The Morgan fingerprint density at radius 2 is 1.84 bits per heavy atom. The second kappa shape index (κ2) is 10.2. The SMILES string of the molecule is CCCCCCCN1C(=NC)N=C(N(CC)c2ccccc2)CC1C. The predicted octanol–water partition coefficient (Wildman–Crippen LogP) is 4.96. The number of benzene rings is 1. The van der Waals surface area contributed by atoms with E-state index in [0.29, 0.717) is 6.04 Å². The van der Waals surface area contributed by atoms with Gasteiger partial charge in [0, 0.05) is 38.3 Å². The van der Waals surface area contributed by atoms with Crippen LogP contribution in [0, 0.1) is 0 Å². The van der Waals surface area contributed by atoms with E-state index in [1.54, 1.807) is 0 Å². The molecular weight excluding hydrogens is 308 g/mol. The molecule has 0 N–H and O–H groups in total. The van der Waals surface area contributed by atoms with Gasteiger partial charge in [0.1, 0.15) is 5.84 Å². The quantitative estimate of drug-likeness (QED) is 0.625. The van der Waals surface area contributed by atoms with Gasteiger partial charge in [-0.05, 0) is 32.4 Å². The highest BCUT2D eigenvalue weighted by Crippen LogP contribution is 2.22. The molecule has 1 atom stereocenters. The number of para-hydroxylation sites is 1. The van der Waals surface area contributed by atoms with E-state index in [9.17, 15) is 0 Å². The maximum absolute atomic E-state index is 4.91. The number of hydrogen-bond donors (Lipinski definition) is 0. The number of guanidine groups is 1. The summed E-state index contributed by atoms with van der Waals surface area (Å²) in [5.41, 5.74) is 1.21. The van der Waals surface area contributed by atoms with Crippen molar-refractivity contribution in [1.82, 2.24) is 4.90 Å². The number of unbranched alkanes of at least 4 members (excludes halogenated alkanes) is 4. The third kappa shape index (κ3) is 5.32. The Balaban J connectivity index is 2.07. The van der Waals surface area contributed by atoms with Crippen molar-refractivity contribution in [3.05, 3.63) is 30.3 Å². The molecule has 0 radical (unpaired) electrons. The molecule has 1 aromatic rings. The molecule has 4 heteroatoms. The van der Waals surface area contributed by atoms with Gasteiger partial charge in [0.05, 0.1) is 0 Å². The molecule has 25 heavy (non-hydrogen) atoms. The second-order valence-electron chi connectivity index (χ2n) is 6.79. The lowest BCUT2D eigenvalue weighted by atomic mass is 10.1. The molecule has 0 saturated heterocycles. The third-order valence-electron chi connectivity index (χ3n) is 4.89. The summed E-state index contributed by atoms with van der Waals surface area (Å²) in [5.74, 6) is 2.02. The van der Waals surface area contributed by atoms with Crippen LogP contribution in [-0.4, -0.2) is 42.9 Å². The van der Waals surface area contributed by atoms with Crippen LogP contribution in [0.15, 0.2) is 40.3 Å². The van der Waals surface area contributed by atoms with E-state index in [-0.39, 0.29) is 0 Å². The fraction of sp³-hybridized carbons (Fsp3) is 0.619. The third-order valence-corrected chi connectivity index (χ3v) is 4.89. The molecule has 4 nitrogen and oxygen atoms in total. The molecule has 0 saturated carbocycles. The molecule has 1 unspecified atom stereocenters. The van der Waals surface area contributed by atoms with Crippen LogP contribution in [0.4, 0.5) is 5.69 Å². The summed E-state index contributed by atoms with van der Waals surface area (Å²) in [5, 5.41) is 0. The molecule has 0 bridgehead atoms. The first-order valence-corrected chi connectivity index (χ1v) is 9.84. The normalized spacial score (nSPS) is 19.2. The minimum absolute atomic E-state index is 0.440. The van der Waals surface area contributed by atoms with Gasteiger partial charge in [-0.1, -0.05) is 50.8 Å². The Morgan fingerprint density at radius 3 is 2.48 bits per heavy atom. The minimum Gasteiger partial charge on any atom is -0.338 e. The summed E-state index contributed by atoms with van der Waals surface area (Å²) >= 11 is 0. The Hall–Kier alpha value is -1.84. The Morgan fingerprint density at radius 1 is 1.12 bits per heavy atom. The van der Waals surface area contributed by atoms with Crippen molar-refractivity contribution in [3.63, 3.8) is 0 Å². The Kier molecular flexibility index (Phi) is 7.96. The van der Waals surface area contributed by atoms with E-state index < -0.39 is 0 Å². The highest BCUT2D eigenvalue weighted by atomic mass is 15.3. The van der Waals surface area contributed by atoms with Gasteiger partial charge in [0.2, 0.25) is 5.96 Å². The highest BCUT2D eigenvalue weighted by molar-refractivity contribution is 6.06. The molecule has 0 spiro atoms. The summed E-state index contributed by atoms with van der Waals surface area (Å²) in [7, 11) is 1.86. The summed E-state index contributed by atoms with van der Waals surface area (Å²) < 4.78 is 0. The van der Waals surface area contributed by atoms with Crippen LogP contribution in [0.2, 0.25) is 0 Å². The van der Waals surface area contributed by atoms with Gasteiger partial charge in [-0.3, -0.25) is 4.99 Å². The molecule has 0 aromatic heterocycles. The lowest BCUT2D eigenvalue weighted by Gasteiger charge is -2.37. The monoisotopic (exact) mass is 342 g/mol. The number of aliphatic imine (C=N–C) groups is 2. The largest absolute Gasteiger partial charge is 0.338 e. The van der Waals surface area contributed by atoms with E-state index in [1.807, 2.05) is 7.05 Å². The molecule has 0 fully saturated rings. The van der Waals surface area contributed by atoms with E-state index >= 15 is 0 Å². The lowest BCUT2D eigenvalue weighted by molar-refractivity contribution is 0.315. The summed E-state index contributed by atoms with van der Waals surface area (Å²) in [6.07, 6.45) is 7.47. The second-order valence-corrected chi connectivity index (χ2v) is 6.79. The molecule has 138 valence electrons. The van der Waals surface area contributed by atoms with Gasteiger partial charge >= 0.3 is 0 Å². The fourth-order valence-electron chi connectivity index (χ4n) is 3.47. The van der Waals surface area contributed by atoms with Crippen LogP contribution < -0.4 is 4.90 Å². The number of nitrogens with zero attached hydrogens (tertiary/aromatic N) is 4. The van der Waals surface area contributed by atoms with Crippen LogP contribution >= 0.6 is 0 Å². The van der Waals surface area contributed by atoms with Crippen molar-refractivity contribution in [2.24, 2.45) is 9.98 Å². The van der Waals surface area contributed by atoms with Crippen molar-refractivity contribution in [2.45, 2.75) is 65.3 Å². The summed E-state index contributed by atoms with van der Waals surface area (Å²) in [4.78, 5) is 14.1. The topological polar surface area (TPSA) is 31.2 Å². The maximum atomic E-state index is 4.91. The van der Waals surface area contributed by atoms with Gasteiger partial charge in [0.15, 0.2) is 0 Å².